The minimum atomic E-state index is 0.994. The van der Waals surface area contributed by atoms with Gasteiger partial charge in [-0.2, -0.15) is 0 Å². The van der Waals surface area contributed by atoms with E-state index in [1.165, 1.54) is 12.8 Å². The van der Waals surface area contributed by atoms with Crippen molar-refractivity contribution in [1.29, 1.82) is 0 Å². The fraction of sp³-hybridized carbons (Fsp3) is 0.222. The minimum absolute atomic E-state index is 0.994. The van der Waals surface area contributed by atoms with Gasteiger partial charge in [-0.25, -0.2) is 0 Å². The molecule has 0 aliphatic rings. The predicted octanol–water partition coefficient (Wildman–Crippen LogP) is 5.98. The van der Waals surface area contributed by atoms with Crippen LogP contribution in [0.4, 0.5) is 0 Å². The van der Waals surface area contributed by atoms with Gasteiger partial charge in [-0.3, -0.25) is 0 Å². The van der Waals surface area contributed by atoms with E-state index in [1.54, 1.807) is 23.5 Å². The molecule has 0 saturated carbocycles. The van der Waals surface area contributed by atoms with Crippen molar-refractivity contribution in [3.8, 4) is 0 Å². The smallest absolute Gasteiger partial charge is 0.0778 e. The molecule has 0 nitrogen and oxygen atoms in total. The summed E-state index contributed by atoms with van der Waals surface area (Å²) in [7, 11) is 0. The maximum Gasteiger partial charge on any atom is 0.0778 e. The van der Waals surface area contributed by atoms with Crippen LogP contribution >= 0.6 is 48.0 Å². The SMILES string of the molecule is S=C(SCCCCSC(=S)c1ccccc1)c1ccccc1. The molecule has 2 rings (SSSR count). The van der Waals surface area contributed by atoms with Gasteiger partial charge < -0.3 is 0 Å². The maximum absolute atomic E-state index is 5.44. The normalized spacial score (nSPS) is 10.4. The first-order valence-electron chi connectivity index (χ1n) is 7.22. The summed E-state index contributed by atoms with van der Waals surface area (Å²) in [6.07, 6.45) is 2.34. The summed E-state index contributed by atoms with van der Waals surface area (Å²) < 4.78 is 1.99. The first-order valence-corrected chi connectivity index (χ1v) is 10.0. The molecule has 114 valence electrons. The predicted molar refractivity (Wildman–Crippen MR) is 110 cm³/mol. The fourth-order valence-electron chi connectivity index (χ4n) is 1.85. The van der Waals surface area contributed by atoms with Crippen LogP contribution in [0, 0.1) is 0 Å². The van der Waals surface area contributed by atoms with Gasteiger partial charge >= 0.3 is 0 Å². The number of benzene rings is 2. The Morgan fingerprint density at radius 2 is 1.00 bits per heavy atom. The summed E-state index contributed by atoms with van der Waals surface area (Å²) in [6.45, 7) is 0. The molecule has 0 radical (unpaired) electrons. The molecule has 0 heterocycles. The van der Waals surface area contributed by atoms with E-state index in [9.17, 15) is 0 Å². The van der Waals surface area contributed by atoms with Gasteiger partial charge in [0.05, 0.1) is 8.39 Å². The van der Waals surface area contributed by atoms with Crippen LogP contribution in [0.3, 0.4) is 0 Å². The molecule has 0 aliphatic carbocycles. The van der Waals surface area contributed by atoms with E-state index in [0.717, 1.165) is 31.0 Å². The zero-order valence-electron chi connectivity index (χ0n) is 12.2. The van der Waals surface area contributed by atoms with Gasteiger partial charge in [0.2, 0.25) is 0 Å². The van der Waals surface area contributed by atoms with Crippen LogP contribution in [-0.4, -0.2) is 19.9 Å². The highest BCUT2D eigenvalue weighted by molar-refractivity contribution is 8.24. The van der Waals surface area contributed by atoms with Crippen LogP contribution in [0.25, 0.3) is 0 Å². The summed E-state index contributed by atoms with van der Waals surface area (Å²) in [5.41, 5.74) is 2.31. The molecule has 4 heteroatoms. The lowest BCUT2D eigenvalue weighted by Gasteiger charge is -2.05. The Morgan fingerprint density at radius 1 is 0.636 bits per heavy atom. The molecule has 0 saturated heterocycles. The molecule has 22 heavy (non-hydrogen) atoms. The highest BCUT2D eigenvalue weighted by atomic mass is 32.2. The van der Waals surface area contributed by atoms with Gasteiger partial charge in [0.25, 0.3) is 0 Å². The van der Waals surface area contributed by atoms with Crippen molar-refractivity contribution in [2.75, 3.05) is 11.5 Å². The van der Waals surface area contributed by atoms with Crippen LogP contribution in [-0.2, 0) is 0 Å². The third-order valence-corrected chi connectivity index (χ3v) is 6.18. The average molecular weight is 363 g/mol. The quantitative estimate of drug-likeness (QED) is 0.438. The number of thioether (sulfide) groups is 2. The second kappa shape index (κ2) is 10.2. The summed E-state index contributed by atoms with van der Waals surface area (Å²) >= 11 is 14.4. The van der Waals surface area contributed by atoms with Crippen molar-refractivity contribution in [3.63, 3.8) is 0 Å². The molecular formula is C18H18S4. The van der Waals surface area contributed by atoms with Crippen molar-refractivity contribution in [1.82, 2.24) is 0 Å². The van der Waals surface area contributed by atoms with E-state index in [-0.39, 0.29) is 0 Å². The van der Waals surface area contributed by atoms with E-state index in [1.807, 2.05) is 36.4 Å². The second-order valence-corrected chi connectivity index (χ2v) is 8.25. The number of rotatable bonds is 7. The molecule has 2 aromatic rings. The van der Waals surface area contributed by atoms with Crippen LogP contribution in [0.1, 0.15) is 24.0 Å². The third-order valence-electron chi connectivity index (χ3n) is 3.02. The molecule has 0 amide bonds. The topological polar surface area (TPSA) is 0 Å². The van der Waals surface area contributed by atoms with E-state index in [2.05, 4.69) is 24.3 Å². The van der Waals surface area contributed by atoms with Gasteiger partial charge in [-0.05, 0) is 35.5 Å². The first-order chi connectivity index (χ1) is 10.8. The Kier molecular flexibility index (Phi) is 8.16. The molecule has 0 bridgehead atoms. The summed E-state index contributed by atoms with van der Waals surface area (Å²) in [5.74, 6) is 2.15. The number of unbranched alkanes of at least 4 members (excludes halogenated alkanes) is 1. The molecule has 0 N–H and O–H groups in total. The minimum Gasteiger partial charge on any atom is -0.114 e. The van der Waals surface area contributed by atoms with Gasteiger partial charge in [-0.15, -0.1) is 23.5 Å². The lowest BCUT2D eigenvalue weighted by molar-refractivity contribution is 0.911. The Bertz CT molecular complexity index is 537. The molecule has 0 spiro atoms. The largest absolute Gasteiger partial charge is 0.114 e. The standard InChI is InChI=1S/C18H18S4/c19-17(15-9-3-1-4-10-15)21-13-7-8-14-22-18(20)16-11-5-2-6-12-16/h1-6,9-12H,7-8,13-14H2. The number of hydrogen-bond donors (Lipinski definition) is 0. The van der Waals surface area contributed by atoms with Crippen LogP contribution < -0.4 is 0 Å². The highest BCUT2D eigenvalue weighted by Gasteiger charge is 2.03. The average Bonchev–Trinajstić information content (AvgIpc) is 2.59. The van der Waals surface area contributed by atoms with Crippen molar-refractivity contribution in [3.05, 3.63) is 71.8 Å². The first kappa shape index (κ1) is 17.7. The summed E-state index contributed by atoms with van der Waals surface area (Å²) in [6, 6.07) is 20.5. The second-order valence-electron chi connectivity index (χ2n) is 4.71. The van der Waals surface area contributed by atoms with Gasteiger partial charge in [0, 0.05) is 0 Å². The fourth-order valence-corrected chi connectivity index (χ4v) is 4.29. The highest BCUT2D eigenvalue weighted by Crippen LogP contribution is 2.18. The molecular weight excluding hydrogens is 344 g/mol. The molecule has 2 aromatic carbocycles. The monoisotopic (exact) mass is 362 g/mol. The lowest BCUT2D eigenvalue weighted by atomic mass is 10.2. The Morgan fingerprint density at radius 3 is 1.36 bits per heavy atom. The Labute approximate surface area is 152 Å². The van der Waals surface area contributed by atoms with Crippen LogP contribution in [0.5, 0.6) is 0 Å². The lowest BCUT2D eigenvalue weighted by Crippen LogP contribution is -1.95. The zero-order chi connectivity index (χ0) is 15.6. The number of thiocarbonyl (C=S) groups is 2. The van der Waals surface area contributed by atoms with Gasteiger partial charge in [0.1, 0.15) is 0 Å². The van der Waals surface area contributed by atoms with E-state index in [0.29, 0.717) is 0 Å². The van der Waals surface area contributed by atoms with Crippen molar-refractivity contribution in [2.24, 2.45) is 0 Å². The van der Waals surface area contributed by atoms with Crippen molar-refractivity contribution in [2.45, 2.75) is 12.8 Å². The van der Waals surface area contributed by atoms with Crippen LogP contribution in [0.2, 0.25) is 0 Å². The third kappa shape index (κ3) is 6.21. The molecule has 0 fully saturated rings. The van der Waals surface area contributed by atoms with E-state index >= 15 is 0 Å². The van der Waals surface area contributed by atoms with Crippen LogP contribution in [0.15, 0.2) is 60.7 Å². The number of hydrogen-bond acceptors (Lipinski definition) is 4. The van der Waals surface area contributed by atoms with E-state index in [4.69, 9.17) is 24.4 Å². The van der Waals surface area contributed by atoms with Gasteiger partial charge in [-0.1, -0.05) is 85.1 Å². The molecule has 0 unspecified atom stereocenters. The maximum atomic E-state index is 5.44. The van der Waals surface area contributed by atoms with Crippen molar-refractivity contribution >= 4 is 56.4 Å². The van der Waals surface area contributed by atoms with Crippen molar-refractivity contribution < 1.29 is 0 Å². The Balaban J connectivity index is 1.58. The molecule has 0 aliphatic heterocycles. The zero-order valence-corrected chi connectivity index (χ0v) is 15.5. The summed E-state index contributed by atoms with van der Waals surface area (Å²) in [4.78, 5) is 0. The Hall–Kier alpha value is -0.680. The molecule has 0 aromatic heterocycles. The molecule has 0 atom stereocenters. The summed E-state index contributed by atoms with van der Waals surface area (Å²) in [5, 5.41) is 0. The van der Waals surface area contributed by atoms with E-state index < -0.39 is 0 Å². The van der Waals surface area contributed by atoms with Gasteiger partial charge in [0.15, 0.2) is 0 Å².